The van der Waals surface area contributed by atoms with E-state index >= 15 is 0 Å². The van der Waals surface area contributed by atoms with Gasteiger partial charge in [-0.25, -0.2) is 0 Å². The number of piperidine rings is 1. The molecule has 0 amide bonds. The molecule has 2 fully saturated rings. The highest BCUT2D eigenvalue weighted by Crippen LogP contribution is 2.44. The summed E-state index contributed by atoms with van der Waals surface area (Å²) < 4.78 is 0. The second kappa shape index (κ2) is 6.36. The lowest BCUT2D eigenvalue weighted by Gasteiger charge is -2.53. The maximum atomic E-state index is 6.28. The van der Waals surface area contributed by atoms with Crippen molar-refractivity contribution >= 4 is 0 Å². The van der Waals surface area contributed by atoms with Crippen molar-refractivity contribution in [2.45, 2.75) is 78.2 Å². The van der Waals surface area contributed by atoms with E-state index in [1.165, 1.54) is 58.0 Å². The van der Waals surface area contributed by atoms with Gasteiger partial charge in [-0.3, -0.25) is 4.90 Å². The van der Waals surface area contributed by atoms with Crippen molar-refractivity contribution in [3.05, 3.63) is 0 Å². The Morgan fingerprint density at radius 1 is 1.00 bits per heavy atom. The van der Waals surface area contributed by atoms with E-state index in [2.05, 4.69) is 32.6 Å². The van der Waals surface area contributed by atoms with Crippen LogP contribution >= 0.6 is 0 Å². The molecule has 1 saturated carbocycles. The van der Waals surface area contributed by atoms with Crippen molar-refractivity contribution in [1.29, 1.82) is 0 Å². The molecule has 1 aliphatic carbocycles. The molecule has 0 radical (unpaired) electrons. The van der Waals surface area contributed by atoms with E-state index in [0.717, 1.165) is 18.4 Å². The third-order valence-electron chi connectivity index (χ3n) is 6.64. The van der Waals surface area contributed by atoms with Gasteiger partial charge in [-0.05, 0) is 62.4 Å². The molecule has 2 atom stereocenters. The monoisotopic (exact) mass is 280 g/mol. The highest BCUT2D eigenvalue weighted by Gasteiger charge is 2.44. The predicted molar refractivity (Wildman–Crippen MR) is 87.8 cm³/mol. The zero-order valence-corrected chi connectivity index (χ0v) is 14.3. The summed E-state index contributed by atoms with van der Waals surface area (Å²) in [6.07, 6.45) is 9.48. The van der Waals surface area contributed by atoms with Gasteiger partial charge < -0.3 is 5.73 Å². The second-order valence-corrected chi connectivity index (χ2v) is 7.98. The zero-order chi connectivity index (χ0) is 14.8. The first kappa shape index (κ1) is 16.3. The predicted octanol–water partition coefficient (Wildman–Crippen LogP) is 4.04. The Balaban J connectivity index is 2.06. The summed E-state index contributed by atoms with van der Waals surface area (Å²) in [6, 6.07) is 0. The van der Waals surface area contributed by atoms with E-state index in [4.69, 9.17) is 5.73 Å². The van der Waals surface area contributed by atoms with Gasteiger partial charge in [0.25, 0.3) is 0 Å². The summed E-state index contributed by atoms with van der Waals surface area (Å²) in [7, 11) is 0. The summed E-state index contributed by atoms with van der Waals surface area (Å²) in [4.78, 5) is 2.78. The third-order valence-corrected chi connectivity index (χ3v) is 6.64. The van der Waals surface area contributed by atoms with Gasteiger partial charge in [0.05, 0.1) is 0 Å². The first-order valence-electron chi connectivity index (χ1n) is 8.94. The van der Waals surface area contributed by atoms with Crippen molar-refractivity contribution in [2.75, 3.05) is 19.6 Å². The van der Waals surface area contributed by atoms with Crippen LogP contribution in [0.25, 0.3) is 0 Å². The molecule has 1 aliphatic heterocycles. The van der Waals surface area contributed by atoms with Gasteiger partial charge >= 0.3 is 0 Å². The van der Waals surface area contributed by atoms with Crippen LogP contribution in [-0.4, -0.2) is 30.1 Å². The van der Waals surface area contributed by atoms with Gasteiger partial charge in [-0.1, -0.05) is 40.5 Å². The van der Waals surface area contributed by atoms with Crippen molar-refractivity contribution in [3.63, 3.8) is 0 Å². The minimum Gasteiger partial charge on any atom is -0.329 e. The highest BCUT2D eigenvalue weighted by molar-refractivity contribution is 5.00. The topological polar surface area (TPSA) is 29.3 Å². The Kier molecular flexibility index (Phi) is 5.18. The van der Waals surface area contributed by atoms with Crippen LogP contribution in [0.15, 0.2) is 0 Å². The number of likely N-dealkylation sites (tertiary alicyclic amines) is 1. The Hall–Kier alpha value is -0.0800. The van der Waals surface area contributed by atoms with Crippen LogP contribution in [0.4, 0.5) is 0 Å². The Bertz CT molecular complexity index is 289. The maximum Gasteiger partial charge on any atom is 0.0336 e. The van der Waals surface area contributed by atoms with Crippen molar-refractivity contribution in [1.82, 2.24) is 4.90 Å². The number of rotatable bonds is 4. The fourth-order valence-electron chi connectivity index (χ4n) is 5.20. The number of hydrogen-bond donors (Lipinski definition) is 1. The van der Waals surface area contributed by atoms with Crippen LogP contribution in [0.3, 0.4) is 0 Å². The van der Waals surface area contributed by atoms with E-state index in [-0.39, 0.29) is 0 Å². The van der Waals surface area contributed by atoms with Crippen LogP contribution in [0.5, 0.6) is 0 Å². The lowest BCUT2D eigenvalue weighted by molar-refractivity contribution is -0.0252. The zero-order valence-electron chi connectivity index (χ0n) is 14.3. The van der Waals surface area contributed by atoms with E-state index < -0.39 is 0 Å². The first-order valence-corrected chi connectivity index (χ1v) is 8.94. The van der Waals surface area contributed by atoms with Crippen LogP contribution in [0, 0.1) is 17.3 Å². The smallest absolute Gasteiger partial charge is 0.0336 e. The van der Waals surface area contributed by atoms with Crippen LogP contribution in [-0.2, 0) is 0 Å². The molecule has 2 heteroatoms. The number of hydrogen-bond acceptors (Lipinski definition) is 2. The van der Waals surface area contributed by atoms with Crippen molar-refractivity contribution < 1.29 is 0 Å². The third kappa shape index (κ3) is 3.06. The molecule has 2 rings (SSSR count). The Morgan fingerprint density at radius 3 is 1.90 bits per heavy atom. The van der Waals surface area contributed by atoms with E-state index in [9.17, 15) is 0 Å². The second-order valence-electron chi connectivity index (χ2n) is 7.98. The van der Waals surface area contributed by atoms with E-state index in [1.807, 2.05) is 0 Å². The molecule has 1 heterocycles. The van der Waals surface area contributed by atoms with Crippen molar-refractivity contribution in [3.8, 4) is 0 Å². The molecule has 2 N–H and O–H groups in total. The quantitative estimate of drug-likeness (QED) is 0.842. The molecule has 20 heavy (non-hydrogen) atoms. The summed E-state index contributed by atoms with van der Waals surface area (Å²) >= 11 is 0. The molecule has 0 aromatic heterocycles. The minimum absolute atomic E-state index is 0.310. The number of nitrogens with two attached hydrogens (primary N) is 1. The average Bonchev–Trinajstić information content (AvgIpc) is 2.46. The highest BCUT2D eigenvalue weighted by atomic mass is 15.2. The van der Waals surface area contributed by atoms with Gasteiger partial charge in [-0.15, -0.1) is 0 Å². The van der Waals surface area contributed by atoms with Crippen molar-refractivity contribution in [2.24, 2.45) is 23.0 Å². The molecule has 0 aromatic rings. The minimum atomic E-state index is 0.310. The lowest BCUT2D eigenvalue weighted by Crippen LogP contribution is -2.60. The molecular weight excluding hydrogens is 244 g/mol. The Morgan fingerprint density at radius 2 is 1.50 bits per heavy atom. The van der Waals surface area contributed by atoms with Crippen LogP contribution < -0.4 is 5.73 Å². The standard InChI is InChI=1S/C18H36N2/c1-5-17(6-2)7-9-20(10-8-17)18(14-19)12-15(3)11-16(4)13-18/h15-16H,5-14,19H2,1-4H3. The largest absolute Gasteiger partial charge is 0.329 e. The van der Waals surface area contributed by atoms with Crippen LogP contribution in [0.2, 0.25) is 0 Å². The molecule has 0 spiro atoms. The maximum absolute atomic E-state index is 6.28. The van der Waals surface area contributed by atoms with Gasteiger partial charge in [0.1, 0.15) is 0 Å². The van der Waals surface area contributed by atoms with E-state index in [0.29, 0.717) is 11.0 Å². The summed E-state index contributed by atoms with van der Waals surface area (Å²) in [5.74, 6) is 1.68. The average molecular weight is 280 g/mol. The molecule has 2 unspecified atom stereocenters. The fourth-order valence-corrected chi connectivity index (χ4v) is 5.20. The normalized spacial score (nSPS) is 38.9. The Labute approximate surface area is 126 Å². The lowest BCUT2D eigenvalue weighted by atomic mass is 9.68. The fraction of sp³-hybridized carbons (Fsp3) is 1.00. The molecule has 2 aliphatic rings. The molecule has 0 bridgehead atoms. The summed E-state index contributed by atoms with van der Waals surface area (Å²) in [5, 5.41) is 0. The van der Waals surface area contributed by atoms with Crippen LogP contribution in [0.1, 0.15) is 72.6 Å². The molecule has 0 aromatic carbocycles. The van der Waals surface area contributed by atoms with E-state index in [1.54, 1.807) is 0 Å². The summed E-state index contributed by atoms with van der Waals surface area (Å²) in [5.41, 5.74) is 7.22. The molecule has 2 nitrogen and oxygen atoms in total. The molecule has 118 valence electrons. The van der Waals surface area contributed by atoms with Gasteiger partial charge in [0.2, 0.25) is 0 Å². The van der Waals surface area contributed by atoms with Gasteiger partial charge in [0.15, 0.2) is 0 Å². The summed E-state index contributed by atoms with van der Waals surface area (Å²) in [6.45, 7) is 13.0. The van der Waals surface area contributed by atoms with Gasteiger partial charge in [0, 0.05) is 12.1 Å². The first-order chi connectivity index (χ1) is 9.49. The van der Waals surface area contributed by atoms with Gasteiger partial charge in [-0.2, -0.15) is 0 Å². The molecular formula is C18H36N2. The molecule has 1 saturated heterocycles. The number of nitrogens with zero attached hydrogens (tertiary/aromatic N) is 1. The SMILES string of the molecule is CCC1(CC)CCN(C2(CN)CC(C)CC(C)C2)CC1.